The summed E-state index contributed by atoms with van der Waals surface area (Å²) in [6.45, 7) is 3.81. The van der Waals surface area contributed by atoms with Gasteiger partial charge in [-0.05, 0) is 6.42 Å². The summed E-state index contributed by atoms with van der Waals surface area (Å²) in [7, 11) is 0. The van der Waals surface area contributed by atoms with Crippen LogP contribution in [0.15, 0.2) is 0 Å². The number of rotatable bonds is 23. The van der Waals surface area contributed by atoms with E-state index < -0.39 is 67.7 Å². The molecule has 1 amide bonds. The molecular weight excluding hydrogens is 496 g/mol. The fourth-order valence-corrected chi connectivity index (χ4v) is 3.38. The first-order valence-corrected chi connectivity index (χ1v) is 12.6. The first kappa shape index (κ1) is 36.0. The maximum atomic E-state index is 12.9. The lowest BCUT2D eigenvalue weighted by atomic mass is 9.94. The van der Waals surface area contributed by atoms with Gasteiger partial charge in [-0.15, -0.1) is 0 Å². The molecule has 10 N–H and O–H groups in total. The van der Waals surface area contributed by atoms with Crippen LogP contribution in [-0.4, -0.2) is 160 Å². The van der Waals surface area contributed by atoms with Crippen molar-refractivity contribution in [3.63, 3.8) is 0 Å². The highest BCUT2D eigenvalue weighted by atomic mass is 16.5. The summed E-state index contributed by atoms with van der Waals surface area (Å²) in [6.07, 6.45) is -11.1. The highest BCUT2D eigenvalue weighted by Gasteiger charge is 2.34. The summed E-state index contributed by atoms with van der Waals surface area (Å²) in [5.74, 6) is -1.25. The van der Waals surface area contributed by atoms with Crippen molar-refractivity contribution in [3.05, 3.63) is 0 Å². The molecular formula is C23H48N2O12. The van der Waals surface area contributed by atoms with Gasteiger partial charge in [-0.3, -0.25) is 4.79 Å². The van der Waals surface area contributed by atoms with Crippen molar-refractivity contribution in [2.75, 3.05) is 65.9 Å². The molecule has 0 aliphatic rings. The number of ether oxygens (including phenoxy) is 3. The molecule has 0 saturated heterocycles. The average molecular weight is 545 g/mol. The normalized spacial score (nSPS) is 18.5. The first-order valence-electron chi connectivity index (χ1n) is 12.6. The van der Waals surface area contributed by atoms with Crippen molar-refractivity contribution in [2.24, 2.45) is 11.7 Å². The molecule has 0 spiro atoms. The Labute approximate surface area is 218 Å². The molecule has 37 heavy (non-hydrogen) atoms. The fraction of sp³-hybridized carbons (Fsp3) is 0.957. The Kier molecular flexibility index (Phi) is 20.3. The van der Waals surface area contributed by atoms with Crippen LogP contribution in [0.3, 0.4) is 0 Å². The Morgan fingerprint density at radius 1 is 0.730 bits per heavy atom. The topological polar surface area (TPSA) is 236 Å². The minimum absolute atomic E-state index is 0.0149. The number of nitrogens with zero attached hydrogens (tertiary/aromatic N) is 1. The third-order valence-corrected chi connectivity index (χ3v) is 5.81. The summed E-state index contributed by atoms with van der Waals surface area (Å²) in [5, 5.41) is 79.2. The summed E-state index contributed by atoms with van der Waals surface area (Å²) in [5.41, 5.74) is 5.31. The summed E-state index contributed by atoms with van der Waals surface area (Å²) in [6, 6.07) is 0. The van der Waals surface area contributed by atoms with E-state index in [1.807, 2.05) is 0 Å². The number of carbonyl (C=O) groups excluding carboxylic acids is 1. The molecule has 222 valence electrons. The van der Waals surface area contributed by atoms with Gasteiger partial charge in [0.15, 0.2) is 0 Å². The Morgan fingerprint density at radius 3 is 1.73 bits per heavy atom. The van der Waals surface area contributed by atoms with Gasteiger partial charge < -0.3 is 65.7 Å². The van der Waals surface area contributed by atoms with Gasteiger partial charge in [0, 0.05) is 25.6 Å². The molecule has 14 heteroatoms. The lowest BCUT2D eigenvalue weighted by Gasteiger charge is -2.34. The molecule has 0 aromatic carbocycles. The Hall–Kier alpha value is -1.01. The number of aliphatic hydroxyl groups excluding tert-OH is 8. The monoisotopic (exact) mass is 544 g/mol. The molecule has 0 aromatic heterocycles. The van der Waals surface area contributed by atoms with Crippen LogP contribution >= 0.6 is 0 Å². The lowest BCUT2D eigenvalue weighted by Crippen LogP contribution is -2.52. The predicted molar refractivity (Wildman–Crippen MR) is 131 cm³/mol. The molecule has 0 aliphatic heterocycles. The SMILES string of the molecule is CC[C@@H](O)[C@@H](O)[C@H](O)[C@@H](C)CN(C[C@H](O)[C@@H](O)[C@H](O)[C@H](O)CO)C(=O)CCOCCOCCOCCN. The van der Waals surface area contributed by atoms with Crippen molar-refractivity contribution in [2.45, 2.75) is 69.4 Å². The highest BCUT2D eigenvalue weighted by Crippen LogP contribution is 2.16. The van der Waals surface area contributed by atoms with E-state index in [1.54, 1.807) is 6.92 Å². The van der Waals surface area contributed by atoms with E-state index >= 15 is 0 Å². The maximum absolute atomic E-state index is 12.9. The molecule has 8 atom stereocenters. The molecule has 0 aliphatic carbocycles. The van der Waals surface area contributed by atoms with Gasteiger partial charge in [0.1, 0.15) is 30.5 Å². The second kappa shape index (κ2) is 20.9. The quantitative estimate of drug-likeness (QED) is 0.0555. The van der Waals surface area contributed by atoms with Crippen LogP contribution in [0.1, 0.15) is 26.7 Å². The van der Waals surface area contributed by atoms with Crippen LogP contribution in [-0.2, 0) is 19.0 Å². The van der Waals surface area contributed by atoms with Crippen molar-refractivity contribution in [1.29, 1.82) is 0 Å². The van der Waals surface area contributed by atoms with Gasteiger partial charge in [-0.1, -0.05) is 13.8 Å². The zero-order chi connectivity index (χ0) is 28.4. The van der Waals surface area contributed by atoms with Crippen molar-refractivity contribution < 1.29 is 59.9 Å². The number of aliphatic hydroxyl groups is 8. The maximum Gasteiger partial charge on any atom is 0.224 e. The molecule has 0 aromatic rings. The van der Waals surface area contributed by atoms with E-state index in [0.717, 1.165) is 4.90 Å². The van der Waals surface area contributed by atoms with E-state index in [9.17, 15) is 40.5 Å². The minimum atomic E-state index is -1.88. The van der Waals surface area contributed by atoms with Gasteiger partial charge in [-0.25, -0.2) is 0 Å². The van der Waals surface area contributed by atoms with Gasteiger partial charge in [0.05, 0.1) is 64.9 Å². The molecule has 0 saturated carbocycles. The van der Waals surface area contributed by atoms with Crippen LogP contribution in [0.5, 0.6) is 0 Å². The third-order valence-electron chi connectivity index (χ3n) is 5.81. The fourth-order valence-electron chi connectivity index (χ4n) is 3.38. The van der Waals surface area contributed by atoms with Crippen LogP contribution in [0, 0.1) is 5.92 Å². The standard InChI is InChI=1S/C23H48N2O12/c1-3-16(27)21(32)20(31)15(2)12-25(13-17(28)22(33)23(34)18(29)14-26)19(30)4-6-35-8-10-37-11-9-36-7-5-24/h15-18,20-23,26-29,31-34H,3-14,24H2,1-2H3/t15-,16+,17-,18+,20+,21+,22+,23+/m0/s1. The first-order chi connectivity index (χ1) is 17.5. The van der Waals surface area contributed by atoms with Crippen LogP contribution in [0.4, 0.5) is 0 Å². The van der Waals surface area contributed by atoms with Crippen molar-refractivity contribution >= 4 is 5.91 Å². The minimum Gasteiger partial charge on any atom is -0.394 e. The molecule has 14 nitrogen and oxygen atoms in total. The van der Waals surface area contributed by atoms with Crippen LogP contribution < -0.4 is 5.73 Å². The second-order valence-electron chi connectivity index (χ2n) is 8.91. The predicted octanol–water partition coefficient (Wildman–Crippen LogP) is -4.22. The van der Waals surface area contributed by atoms with Crippen molar-refractivity contribution in [1.82, 2.24) is 4.90 Å². The van der Waals surface area contributed by atoms with E-state index in [1.165, 1.54) is 6.92 Å². The number of hydrogen-bond donors (Lipinski definition) is 9. The zero-order valence-electron chi connectivity index (χ0n) is 21.8. The van der Waals surface area contributed by atoms with E-state index in [-0.39, 0.29) is 39.2 Å². The number of hydrogen-bond acceptors (Lipinski definition) is 13. The van der Waals surface area contributed by atoms with E-state index in [0.29, 0.717) is 26.4 Å². The van der Waals surface area contributed by atoms with Gasteiger partial charge in [0.25, 0.3) is 0 Å². The smallest absolute Gasteiger partial charge is 0.224 e. The Bertz CT molecular complexity index is 546. The van der Waals surface area contributed by atoms with Crippen LogP contribution in [0.2, 0.25) is 0 Å². The van der Waals surface area contributed by atoms with E-state index in [2.05, 4.69) is 0 Å². The molecule has 0 heterocycles. The lowest BCUT2D eigenvalue weighted by molar-refractivity contribution is -0.143. The molecule has 0 radical (unpaired) electrons. The molecule has 0 rings (SSSR count). The van der Waals surface area contributed by atoms with Gasteiger partial charge >= 0.3 is 0 Å². The number of nitrogens with two attached hydrogens (primary N) is 1. The van der Waals surface area contributed by atoms with Crippen molar-refractivity contribution in [3.8, 4) is 0 Å². The summed E-state index contributed by atoms with van der Waals surface area (Å²) < 4.78 is 15.9. The molecule has 0 fully saturated rings. The molecule has 0 unspecified atom stereocenters. The highest BCUT2D eigenvalue weighted by molar-refractivity contribution is 5.76. The third kappa shape index (κ3) is 14.6. The summed E-state index contributed by atoms with van der Waals surface area (Å²) in [4.78, 5) is 14.0. The van der Waals surface area contributed by atoms with Gasteiger partial charge in [0.2, 0.25) is 5.91 Å². The van der Waals surface area contributed by atoms with E-state index in [4.69, 9.17) is 25.1 Å². The average Bonchev–Trinajstić information content (AvgIpc) is 2.90. The largest absolute Gasteiger partial charge is 0.394 e. The van der Waals surface area contributed by atoms with Gasteiger partial charge in [-0.2, -0.15) is 0 Å². The Morgan fingerprint density at radius 2 is 1.22 bits per heavy atom. The summed E-state index contributed by atoms with van der Waals surface area (Å²) >= 11 is 0. The van der Waals surface area contributed by atoms with Crippen LogP contribution in [0.25, 0.3) is 0 Å². The Balaban J connectivity index is 4.96. The number of carbonyl (C=O) groups is 1. The second-order valence-corrected chi connectivity index (χ2v) is 8.91. The number of amides is 1. The molecule has 0 bridgehead atoms. The zero-order valence-corrected chi connectivity index (χ0v) is 21.8.